The van der Waals surface area contributed by atoms with Gasteiger partial charge >= 0.3 is 0 Å². The molecule has 8 heteroatoms. The first kappa shape index (κ1) is 17.0. The lowest BCUT2D eigenvalue weighted by molar-refractivity contribution is -0.113. The fraction of sp³-hybridized carbons (Fsp3) is 0.333. The first-order chi connectivity index (χ1) is 11.0. The van der Waals surface area contributed by atoms with E-state index in [0.29, 0.717) is 16.4 Å². The van der Waals surface area contributed by atoms with E-state index in [4.69, 9.17) is 0 Å². The van der Waals surface area contributed by atoms with Crippen LogP contribution in [0.5, 0.6) is 0 Å². The summed E-state index contributed by atoms with van der Waals surface area (Å²) in [6.07, 6.45) is 0.776. The standard InChI is InChI=1S/C15H19N5O2S/c1-4-12-17-15(19-18-12)23-9-13(21)16-11-7-5-10(6-8-11)14(22)20(2)3/h5-8H,4,9H2,1-3H3,(H,16,21)(H,17,18,19). The van der Waals surface area contributed by atoms with Gasteiger partial charge in [-0.15, -0.1) is 5.10 Å². The second kappa shape index (κ2) is 7.77. The summed E-state index contributed by atoms with van der Waals surface area (Å²) in [5, 5.41) is 10.2. The van der Waals surface area contributed by atoms with Crippen molar-refractivity contribution in [3.63, 3.8) is 0 Å². The molecular formula is C15H19N5O2S. The van der Waals surface area contributed by atoms with Crippen LogP contribution in [0.2, 0.25) is 0 Å². The third-order valence-electron chi connectivity index (χ3n) is 3.00. The van der Waals surface area contributed by atoms with E-state index in [1.165, 1.54) is 16.7 Å². The monoisotopic (exact) mass is 333 g/mol. The lowest BCUT2D eigenvalue weighted by atomic mass is 10.2. The summed E-state index contributed by atoms with van der Waals surface area (Å²) < 4.78 is 0. The van der Waals surface area contributed by atoms with Gasteiger partial charge in [-0.05, 0) is 24.3 Å². The minimum atomic E-state index is -0.149. The molecule has 0 aliphatic rings. The molecule has 0 unspecified atom stereocenters. The maximum Gasteiger partial charge on any atom is 0.253 e. The Morgan fingerprint density at radius 2 is 1.96 bits per heavy atom. The Morgan fingerprint density at radius 1 is 1.26 bits per heavy atom. The Hall–Kier alpha value is -2.35. The van der Waals surface area contributed by atoms with Gasteiger partial charge in [-0.1, -0.05) is 18.7 Å². The van der Waals surface area contributed by atoms with E-state index in [1.54, 1.807) is 38.4 Å². The fourth-order valence-electron chi connectivity index (χ4n) is 1.78. The van der Waals surface area contributed by atoms with E-state index < -0.39 is 0 Å². The molecule has 0 aliphatic heterocycles. The summed E-state index contributed by atoms with van der Waals surface area (Å²) in [5.74, 6) is 0.799. The smallest absolute Gasteiger partial charge is 0.253 e. The Morgan fingerprint density at radius 3 is 2.52 bits per heavy atom. The van der Waals surface area contributed by atoms with Gasteiger partial charge in [-0.2, -0.15) is 0 Å². The highest BCUT2D eigenvalue weighted by Gasteiger charge is 2.09. The van der Waals surface area contributed by atoms with E-state index in [9.17, 15) is 9.59 Å². The minimum absolute atomic E-state index is 0.0743. The quantitative estimate of drug-likeness (QED) is 0.787. The molecule has 2 N–H and O–H groups in total. The van der Waals surface area contributed by atoms with E-state index in [0.717, 1.165) is 12.2 Å². The maximum atomic E-state index is 11.9. The predicted molar refractivity (Wildman–Crippen MR) is 89.6 cm³/mol. The molecule has 0 radical (unpaired) electrons. The predicted octanol–water partition coefficient (Wildman–Crippen LogP) is 1.80. The van der Waals surface area contributed by atoms with Crippen LogP contribution >= 0.6 is 11.8 Å². The molecule has 0 aliphatic carbocycles. The number of carbonyl (C=O) groups is 2. The first-order valence-electron chi connectivity index (χ1n) is 7.15. The molecule has 0 saturated heterocycles. The molecule has 0 spiro atoms. The number of nitrogens with one attached hydrogen (secondary N) is 2. The van der Waals surface area contributed by atoms with Gasteiger partial charge in [0.05, 0.1) is 5.75 Å². The highest BCUT2D eigenvalue weighted by Crippen LogP contribution is 2.15. The van der Waals surface area contributed by atoms with Crippen LogP contribution < -0.4 is 5.32 Å². The zero-order chi connectivity index (χ0) is 16.8. The van der Waals surface area contributed by atoms with E-state index in [-0.39, 0.29) is 17.6 Å². The van der Waals surface area contributed by atoms with Gasteiger partial charge < -0.3 is 10.2 Å². The number of aromatic amines is 1. The van der Waals surface area contributed by atoms with Crippen molar-refractivity contribution >= 4 is 29.3 Å². The third-order valence-corrected chi connectivity index (χ3v) is 3.85. The molecular weight excluding hydrogens is 314 g/mol. The number of hydrogen-bond acceptors (Lipinski definition) is 5. The zero-order valence-electron chi connectivity index (χ0n) is 13.3. The highest BCUT2D eigenvalue weighted by molar-refractivity contribution is 7.99. The summed E-state index contributed by atoms with van der Waals surface area (Å²) in [4.78, 5) is 29.4. The molecule has 1 aromatic heterocycles. The minimum Gasteiger partial charge on any atom is -0.345 e. The molecule has 0 saturated carbocycles. The van der Waals surface area contributed by atoms with Crippen molar-refractivity contribution in [2.75, 3.05) is 25.2 Å². The molecule has 0 fully saturated rings. The molecule has 23 heavy (non-hydrogen) atoms. The molecule has 0 atom stereocenters. The molecule has 7 nitrogen and oxygen atoms in total. The number of aromatic nitrogens is 3. The third kappa shape index (κ3) is 4.82. The lowest BCUT2D eigenvalue weighted by Crippen LogP contribution is -2.21. The largest absolute Gasteiger partial charge is 0.345 e. The average Bonchev–Trinajstić information content (AvgIpc) is 3.01. The van der Waals surface area contributed by atoms with Crippen molar-refractivity contribution in [3.05, 3.63) is 35.7 Å². The van der Waals surface area contributed by atoms with Crippen LogP contribution in [0.1, 0.15) is 23.1 Å². The van der Waals surface area contributed by atoms with Crippen LogP contribution in [0, 0.1) is 0 Å². The summed E-state index contributed by atoms with van der Waals surface area (Å²) in [5.41, 5.74) is 1.23. The topological polar surface area (TPSA) is 91.0 Å². The number of aryl methyl sites for hydroxylation is 1. The number of thioether (sulfide) groups is 1. The highest BCUT2D eigenvalue weighted by atomic mass is 32.2. The maximum absolute atomic E-state index is 11.9. The summed E-state index contributed by atoms with van der Waals surface area (Å²) in [7, 11) is 3.39. The van der Waals surface area contributed by atoms with Gasteiger partial charge in [0.15, 0.2) is 0 Å². The number of H-pyrrole nitrogens is 1. The molecule has 0 bridgehead atoms. The summed E-state index contributed by atoms with van der Waals surface area (Å²) >= 11 is 1.27. The van der Waals surface area contributed by atoms with Crippen LogP contribution in [0.25, 0.3) is 0 Å². The fourth-order valence-corrected chi connectivity index (χ4v) is 2.40. The van der Waals surface area contributed by atoms with Crippen molar-refractivity contribution < 1.29 is 9.59 Å². The number of amides is 2. The van der Waals surface area contributed by atoms with Crippen molar-refractivity contribution in [1.82, 2.24) is 20.1 Å². The second-order valence-electron chi connectivity index (χ2n) is 5.03. The normalized spacial score (nSPS) is 10.4. The van der Waals surface area contributed by atoms with Crippen LogP contribution in [0.3, 0.4) is 0 Å². The zero-order valence-corrected chi connectivity index (χ0v) is 14.1. The SMILES string of the molecule is CCc1nc(SCC(=O)Nc2ccc(C(=O)N(C)C)cc2)n[nH]1. The number of carbonyl (C=O) groups excluding carboxylic acids is 2. The van der Waals surface area contributed by atoms with Crippen molar-refractivity contribution in [3.8, 4) is 0 Å². The Kier molecular flexibility index (Phi) is 5.75. The Balaban J connectivity index is 1.86. The second-order valence-corrected chi connectivity index (χ2v) is 5.97. The molecule has 1 aromatic carbocycles. The van der Waals surface area contributed by atoms with Gasteiger partial charge in [-0.3, -0.25) is 14.7 Å². The first-order valence-corrected chi connectivity index (χ1v) is 8.13. The lowest BCUT2D eigenvalue weighted by Gasteiger charge is -2.10. The van der Waals surface area contributed by atoms with Crippen LogP contribution in [0.15, 0.2) is 29.4 Å². The number of hydrogen-bond donors (Lipinski definition) is 2. The van der Waals surface area contributed by atoms with Crippen molar-refractivity contribution in [2.45, 2.75) is 18.5 Å². The van der Waals surface area contributed by atoms with Crippen LogP contribution in [0.4, 0.5) is 5.69 Å². The Bertz CT molecular complexity index is 681. The average molecular weight is 333 g/mol. The molecule has 1 heterocycles. The number of nitrogens with zero attached hydrogens (tertiary/aromatic N) is 3. The van der Waals surface area contributed by atoms with E-state index in [1.807, 2.05) is 6.92 Å². The van der Waals surface area contributed by atoms with E-state index in [2.05, 4.69) is 20.5 Å². The van der Waals surface area contributed by atoms with E-state index >= 15 is 0 Å². The van der Waals surface area contributed by atoms with Crippen LogP contribution in [-0.2, 0) is 11.2 Å². The van der Waals surface area contributed by atoms with Crippen LogP contribution in [-0.4, -0.2) is 51.7 Å². The number of benzene rings is 1. The van der Waals surface area contributed by atoms with Gasteiger partial charge in [0.1, 0.15) is 5.82 Å². The number of rotatable bonds is 6. The van der Waals surface area contributed by atoms with Gasteiger partial charge in [0, 0.05) is 31.8 Å². The number of anilines is 1. The van der Waals surface area contributed by atoms with Gasteiger partial charge in [0.25, 0.3) is 5.91 Å². The van der Waals surface area contributed by atoms with Gasteiger partial charge in [0.2, 0.25) is 11.1 Å². The van der Waals surface area contributed by atoms with Crippen molar-refractivity contribution in [2.24, 2.45) is 0 Å². The molecule has 2 rings (SSSR count). The molecule has 2 aromatic rings. The molecule has 122 valence electrons. The molecule has 2 amide bonds. The Labute approximate surface area is 138 Å². The van der Waals surface area contributed by atoms with Crippen molar-refractivity contribution in [1.29, 1.82) is 0 Å². The van der Waals surface area contributed by atoms with Gasteiger partial charge in [-0.25, -0.2) is 4.98 Å². The summed E-state index contributed by atoms with van der Waals surface area (Å²) in [6.45, 7) is 1.98. The summed E-state index contributed by atoms with van der Waals surface area (Å²) in [6, 6.07) is 6.80.